The second kappa shape index (κ2) is 25.8. The number of rotatable bonds is 27. The molecule has 0 atom stereocenters. The van der Waals surface area contributed by atoms with Gasteiger partial charge in [-0.15, -0.1) is 0 Å². The molecule has 0 saturated carbocycles. The molecule has 0 bridgehead atoms. The highest BCUT2D eigenvalue weighted by Gasteiger charge is 2.19. The van der Waals surface area contributed by atoms with Crippen molar-refractivity contribution in [3.8, 4) is 11.3 Å². The first kappa shape index (κ1) is 44.6. The second-order valence-electron chi connectivity index (χ2n) is 14.1. The molecule has 3 N–H and O–H groups in total. The molecule has 0 spiro atoms. The number of carbonyl (C=O) groups is 2. The fourth-order valence-corrected chi connectivity index (χ4v) is 6.39. The van der Waals surface area contributed by atoms with Gasteiger partial charge in [0.25, 0.3) is 0 Å². The van der Waals surface area contributed by atoms with Crippen LogP contribution in [0.3, 0.4) is 0 Å². The summed E-state index contributed by atoms with van der Waals surface area (Å²) in [6.45, 7) is 12.6. The summed E-state index contributed by atoms with van der Waals surface area (Å²) in [6.07, 6.45) is 6.22. The number of nitrogens with one attached hydrogen (secondary N) is 1. The van der Waals surface area contributed by atoms with Gasteiger partial charge in [-0.2, -0.15) is 0 Å². The number of hydrogen-bond donors (Lipinski definition) is 2. The van der Waals surface area contributed by atoms with Crippen LogP contribution in [-0.4, -0.2) is 148 Å². The standard InChI is InChI=1S/C44H59N7O7/c1-35-4-5-37(29-40(35)31-43-47-13-10-41(49-43)39-3-2-12-46-32-39)30-42(52)38-8-6-36(7-9-38)33-50-15-17-51(18-16-50)34-44(53)48-14-20-55-22-24-57-26-28-58-27-25-56-23-21-54-19-11-45/h2-10,12-13,29,32H,11,14-28,30-31,33-34,45H2,1H3,(H,48,53). The molecule has 1 aliphatic rings. The van der Waals surface area contributed by atoms with Gasteiger partial charge in [0.15, 0.2) is 5.78 Å². The van der Waals surface area contributed by atoms with E-state index in [4.69, 9.17) is 34.4 Å². The van der Waals surface area contributed by atoms with Crippen molar-refractivity contribution >= 4 is 11.7 Å². The first-order valence-corrected chi connectivity index (χ1v) is 20.2. The van der Waals surface area contributed by atoms with Crippen molar-refractivity contribution in [2.24, 2.45) is 5.73 Å². The van der Waals surface area contributed by atoms with Crippen molar-refractivity contribution in [2.75, 3.05) is 112 Å². The van der Waals surface area contributed by atoms with E-state index in [1.165, 1.54) is 0 Å². The number of piperazine rings is 1. The van der Waals surface area contributed by atoms with E-state index in [1.54, 1.807) is 18.6 Å². The summed E-state index contributed by atoms with van der Waals surface area (Å²) in [7, 11) is 0. The van der Waals surface area contributed by atoms with E-state index in [0.717, 1.165) is 72.1 Å². The maximum atomic E-state index is 13.3. The Labute approximate surface area is 342 Å². The molecule has 0 aliphatic carbocycles. The van der Waals surface area contributed by atoms with Gasteiger partial charge in [-0.3, -0.25) is 24.4 Å². The number of carbonyl (C=O) groups excluding carboxylic acids is 2. The summed E-state index contributed by atoms with van der Waals surface area (Å²) >= 11 is 0. The predicted octanol–water partition coefficient (Wildman–Crippen LogP) is 3.14. The highest BCUT2D eigenvalue weighted by Crippen LogP contribution is 2.20. The Balaban J connectivity index is 0.908. The minimum atomic E-state index is 0.000210. The second-order valence-corrected chi connectivity index (χ2v) is 14.1. The van der Waals surface area contributed by atoms with Crippen LogP contribution in [-0.2, 0) is 47.9 Å². The van der Waals surface area contributed by atoms with Crippen LogP contribution in [0.25, 0.3) is 11.3 Å². The van der Waals surface area contributed by atoms with Crippen molar-refractivity contribution in [3.05, 3.63) is 113 Å². The van der Waals surface area contributed by atoms with Crippen molar-refractivity contribution in [3.63, 3.8) is 0 Å². The summed E-state index contributed by atoms with van der Waals surface area (Å²) < 4.78 is 27.2. The zero-order valence-corrected chi connectivity index (χ0v) is 33.8. The number of aromatic nitrogens is 3. The normalized spacial score (nSPS) is 13.5. The fourth-order valence-electron chi connectivity index (χ4n) is 6.39. The van der Waals surface area contributed by atoms with Crippen LogP contribution in [0, 0.1) is 6.92 Å². The molecular weight excluding hydrogens is 739 g/mol. The van der Waals surface area contributed by atoms with Crippen LogP contribution in [0.2, 0.25) is 0 Å². The average molecular weight is 798 g/mol. The lowest BCUT2D eigenvalue weighted by Crippen LogP contribution is -2.49. The molecule has 1 aliphatic heterocycles. The number of nitrogens with two attached hydrogens (primary N) is 1. The van der Waals surface area contributed by atoms with Gasteiger partial charge >= 0.3 is 0 Å². The van der Waals surface area contributed by atoms with Crippen LogP contribution < -0.4 is 11.1 Å². The number of Topliss-reactive ketones (excluding diaryl/α,β-unsaturated/α-hetero) is 1. The Morgan fingerprint density at radius 3 is 2.03 bits per heavy atom. The van der Waals surface area contributed by atoms with Crippen LogP contribution >= 0.6 is 0 Å². The number of ketones is 1. The Bertz CT molecular complexity index is 1790. The Hall–Kier alpha value is -4.51. The molecular formula is C44H59N7O7. The molecule has 58 heavy (non-hydrogen) atoms. The van der Waals surface area contributed by atoms with Crippen molar-refractivity contribution in [1.82, 2.24) is 30.1 Å². The summed E-state index contributed by atoms with van der Waals surface area (Å²) in [5, 5.41) is 2.94. The zero-order chi connectivity index (χ0) is 40.6. The molecule has 14 nitrogen and oxygen atoms in total. The lowest BCUT2D eigenvalue weighted by Gasteiger charge is -2.34. The molecule has 3 heterocycles. The highest BCUT2D eigenvalue weighted by atomic mass is 16.6. The SMILES string of the molecule is Cc1ccc(CC(=O)c2ccc(CN3CCN(CC(=O)NCCOCCOCCOCCOCCOCCN)CC3)cc2)cc1Cc1nccc(-c2cccnc2)n1. The number of pyridine rings is 1. The van der Waals surface area contributed by atoms with Gasteiger partial charge in [-0.1, -0.05) is 42.5 Å². The van der Waals surface area contributed by atoms with E-state index in [2.05, 4.69) is 44.1 Å². The Morgan fingerprint density at radius 2 is 1.38 bits per heavy atom. The summed E-state index contributed by atoms with van der Waals surface area (Å²) in [6, 6.07) is 19.9. The number of amides is 1. The van der Waals surface area contributed by atoms with Gasteiger partial charge in [0.2, 0.25) is 5.91 Å². The van der Waals surface area contributed by atoms with Gasteiger partial charge in [-0.05, 0) is 47.4 Å². The molecule has 312 valence electrons. The van der Waals surface area contributed by atoms with Gasteiger partial charge in [-0.25, -0.2) is 9.97 Å². The minimum absolute atomic E-state index is 0.000210. The number of hydrogen-bond acceptors (Lipinski definition) is 13. The molecule has 0 unspecified atom stereocenters. The molecule has 2 aromatic carbocycles. The van der Waals surface area contributed by atoms with Crippen LogP contribution in [0.15, 0.2) is 79.3 Å². The Morgan fingerprint density at radius 1 is 0.741 bits per heavy atom. The van der Waals surface area contributed by atoms with E-state index < -0.39 is 0 Å². The summed E-state index contributed by atoms with van der Waals surface area (Å²) in [5.41, 5.74) is 12.2. The van der Waals surface area contributed by atoms with Crippen molar-refractivity contribution in [1.29, 1.82) is 0 Å². The molecule has 2 aromatic heterocycles. The predicted molar refractivity (Wildman–Crippen MR) is 222 cm³/mol. The average Bonchev–Trinajstić information content (AvgIpc) is 3.24. The lowest BCUT2D eigenvalue weighted by molar-refractivity contribution is -0.123. The quantitative estimate of drug-likeness (QED) is 0.0669. The van der Waals surface area contributed by atoms with Gasteiger partial charge in [0.1, 0.15) is 5.82 Å². The fraction of sp³-hybridized carbons (Fsp3) is 0.477. The lowest BCUT2D eigenvalue weighted by atomic mass is 9.97. The van der Waals surface area contributed by atoms with E-state index in [1.807, 2.05) is 48.5 Å². The number of benzene rings is 2. The molecule has 0 radical (unpaired) electrons. The van der Waals surface area contributed by atoms with Crippen LogP contribution in [0.1, 0.15) is 38.4 Å². The highest BCUT2D eigenvalue weighted by molar-refractivity contribution is 5.97. The third-order valence-electron chi connectivity index (χ3n) is 9.62. The van der Waals surface area contributed by atoms with E-state index in [-0.39, 0.29) is 11.7 Å². The van der Waals surface area contributed by atoms with Gasteiger partial charge in [0.05, 0.1) is 78.3 Å². The monoisotopic (exact) mass is 797 g/mol. The summed E-state index contributed by atoms with van der Waals surface area (Å²) in [5.74, 6) is 0.811. The smallest absolute Gasteiger partial charge is 0.234 e. The van der Waals surface area contributed by atoms with Gasteiger partial charge < -0.3 is 34.7 Å². The molecule has 4 aromatic rings. The molecule has 1 amide bonds. The third kappa shape index (κ3) is 16.4. The van der Waals surface area contributed by atoms with E-state index >= 15 is 0 Å². The van der Waals surface area contributed by atoms with E-state index in [9.17, 15) is 9.59 Å². The minimum Gasteiger partial charge on any atom is -0.378 e. The first-order valence-electron chi connectivity index (χ1n) is 20.2. The topological polar surface area (TPSA) is 163 Å². The maximum Gasteiger partial charge on any atom is 0.234 e. The van der Waals surface area contributed by atoms with E-state index in [0.29, 0.717) is 104 Å². The van der Waals surface area contributed by atoms with Crippen molar-refractivity contribution < 1.29 is 33.3 Å². The molecule has 14 heteroatoms. The largest absolute Gasteiger partial charge is 0.378 e. The van der Waals surface area contributed by atoms with Crippen molar-refractivity contribution in [2.45, 2.75) is 26.3 Å². The first-order chi connectivity index (χ1) is 28.5. The van der Waals surface area contributed by atoms with Crippen LogP contribution in [0.5, 0.6) is 0 Å². The number of aryl methyl sites for hydroxylation is 1. The maximum absolute atomic E-state index is 13.3. The number of nitrogens with zero attached hydrogens (tertiary/aromatic N) is 5. The third-order valence-corrected chi connectivity index (χ3v) is 9.62. The molecule has 1 saturated heterocycles. The Kier molecular flexibility index (Phi) is 19.8. The zero-order valence-electron chi connectivity index (χ0n) is 33.8. The van der Waals surface area contributed by atoms with Gasteiger partial charge in [0, 0.05) is 88.4 Å². The summed E-state index contributed by atoms with van der Waals surface area (Å²) in [4.78, 5) is 43.8. The molecule has 1 fully saturated rings. The van der Waals surface area contributed by atoms with Crippen LogP contribution in [0.4, 0.5) is 0 Å². The number of ether oxygens (including phenoxy) is 5. The molecule has 5 rings (SSSR count).